The van der Waals surface area contributed by atoms with Gasteiger partial charge >= 0.3 is 0 Å². The highest BCUT2D eigenvalue weighted by atomic mass is 16.3. The predicted molar refractivity (Wildman–Crippen MR) is 73.2 cm³/mol. The van der Waals surface area contributed by atoms with Crippen LogP contribution in [0.3, 0.4) is 0 Å². The van der Waals surface area contributed by atoms with Gasteiger partial charge in [0.15, 0.2) is 0 Å². The smallest absolute Gasteiger partial charge is 0.0614 e. The standard InChI is InChI=1S/C17H26O/c18-11-9-16-14-7-3-1-5-12(14)13-6-2-4-8-15(13)17(16)10-11/h11-15,18H,1-10H2. The summed E-state index contributed by atoms with van der Waals surface area (Å²) in [5.74, 6) is 3.75. The van der Waals surface area contributed by atoms with Crippen LogP contribution in [0.5, 0.6) is 0 Å². The minimum Gasteiger partial charge on any atom is -0.392 e. The van der Waals surface area contributed by atoms with E-state index in [1.165, 1.54) is 51.4 Å². The van der Waals surface area contributed by atoms with E-state index in [0.717, 1.165) is 36.5 Å². The van der Waals surface area contributed by atoms with E-state index in [9.17, 15) is 5.11 Å². The largest absolute Gasteiger partial charge is 0.392 e. The normalized spacial score (nSPS) is 47.5. The molecule has 18 heavy (non-hydrogen) atoms. The van der Waals surface area contributed by atoms with E-state index in [1.807, 2.05) is 0 Å². The van der Waals surface area contributed by atoms with Crippen LogP contribution in [0, 0.1) is 23.7 Å². The zero-order valence-corrected chi connectivity index (χ0v) is 11.4. The quantitative estimate of drug-likeness (QED) is 0.639. The molecule has 4 aliphatic carbocycles. The molecular formula is C17H26O. The zero-order valence-electron chi connectivity index (χ0n) is 11.4. The van der Waals surface area contributed by atoms with Gasteiger partial charge in [0, 0.05) is 0 Å². The fourth-order valence-corrected chi connectivity index (χ4v) is 5.83. The van der Waals surface area contributed by atoms with Gasteiger partial charge in [0.1, 0.15) is 0 Å². The maximum absolute atomic E-state index is 10.1. The van der Waals surface area contributed by atoms with E-state index in [0.29, 0.717) is 0 Å². The van der Waals surface area contributed by atoms with Gasteiger partial charge in [-0.2, -0.15) is 0 Å². The molecule has 0 bridgehead atoms. The number of hydrogen-bond donors (Lipinski definition) is 1. The summed E-state index contributed by atoms with van der Waals surface area (Å²) < 4.78 is 0. The number of rotatable bonds is 0. The lowest BCUT2D eigenvalue weighted by Crippen LogP contribution is -2.39. The molecule has 0 heterocycles. The van der Waals surface area contributed by atoms with Gasteiger partial charge in [0.2, 0.25) is 0 Å². The summed E-state index contributed by atoms with van der Waals surface area (Å²) in [6.07, 6.45) is 13.7. The maximum atomic E-state index is 10.1. The molecule has 0 aromatic rings. The number of aliphatic hydroxyl groups is 1. The van der Waals surface area contributed by atoms with E-state index >= 15 is 0 Å². The number of hydrogen-bond acceptors (Lipinski definition) is 1. The maximum Gasteiger partial charge on any atom is 0.0614 e. The van der Waals surface area contributed by atoms with Crippen LogP contribution in [0.4, 0.5) is 0 Å². The van der Waals surface area contributed by atoms with Crippen LogP contribution in [0.25, 0.3) is 0 Å². The molecule has 1 nitrogen and oxygen atoms in total. The van der Waals surface area contributed by atoms with Crippen LogP contribution in [0.1, 0.15) is 64.2 Å². The Kier molecular flexibility index (Phi) is 2.80. The first-order chi connectivity index (χ1) is 8.84. The molecule has 2 saturated carbocycles. The van der Waals surface area contributed by atoms with Crippen molar-refractivity contribution in [1.29, 1.82) is 0 Å². The lowest BCUT2D eigenvalue weighted by Gasteiger charge is -2.49. The van der Waals surface area contributed by atoms with E-state index < -0.39 is 0 Å². The molecule has 0 aromatic carbocycles. The fraction of sp³-hybridized carbons (Fsp3) is 0.882. The van der Waals surface area contributed by atoms with Crippen molar-refractivity contribution in [2.24, 2.45) is 23.7 Å². The van der Waals surface area contributed by atoms with Crippen LogP contribution >= 0.6 is 0 Å². The van der Waals surface area contributed by atoms with Gasteiger partial charge in [-0.25, -0.2) is 0 Å². The van der Waals surface area contributed by atoms with Crippen molar-refractivity contribution < 1.29 is 5.11 Å². The summed E-state index contributed by atoms with van der Waals surface area (Å²) in [5, 5.41) is 10.1. The first kappa shape index (κ1) is 11.5. The second-order valence-corrected chi connectivity index (χ2v) is 7.22. The summed E-state index contributed by atoms with van der Waals surface area (Å²) in [4.78, 5) is 0. The van der Waals surface area contributed by atoms with Gasteiger partial charge in [-0.15, -0.1) is 0 Å². The van der Waals surface area contributed by atoms with Crippen LogP contribution in [-0.4, -0.2) is 11.2 Å². The Morgan fingerprint density at radius 3 is 1.61 bits per heavy atom. The van der Waals surface area contributed by atoms with Gasteiger partial charge in [0.05, 0.1) is 6.10 Å². The summed E-state index contributed by atoms with van der Waals surface area (Å²) in [6.45, 7) is 0. The third-order valence-corrected chi connectivity index (χ3v) is 6.41. The van der Waals surface area contributed by atoms with Crippen molar-refractivity contribution in [3.05, 3.63) is 11.1 Å². The lowest BCUT2D eigenvalue weighted by atomic mass is 9.56. The van der Waals surface area contributed by atoms with Crippen molar-refractivity contribution in [2.45, 2.75) is 70.3 Å². The number of aliphatic hydroxyl groups excluding tert-OH is 1. The minimum absolute atomic E-state index is 0.0294. The van der Waals surface area contributed by atoms with Crippen LogP contribution in [0.15, 0.2) is 11.1 Å². The molecule has 0 aliphatic heterocycles. The molecule has 0 radical (unpaired) electrons. The molecule has 0 aromatic heterocycles. The SMILES string of the molecule is OC1CC2=C(C1)C1CCCCC1C1CCCCC21. The van der Waals surface area contributed by atoms with Crippen molar-refractivity contribution in [3.63, 3.8) is 0 Å². The Bertz CT molecular complexity index is 336. The molecule has 2 fully saturated rings. The molecule has 1 heteroatoms. The highest BCUT2D eigenvalue weighted by molar-refractivity contribution is 5.32. The highest BCUT2D eigenvalue weighted by Crippen LogP contribution is 2.57. The molecule has 4 aliphatic rings. The second-order valence-electron chi connectivity index (χ2n) is 7.22. The molecule has 4 unspecified atom stereocenters. The zero-order chi connectivity index (χ0) is 12.1. The molecular weight excluding hydrogens is 220 g/mol. The third kappa shape index (κ3) is 1.62. The van der Waals surface area contributed by atoms with E-state index in [1.54, 1.807) is 11.1 Å². The summed E-state index contributed by atoms with van der Waals surface area (Å²) >= 11 is 0. The Morgan fingerprint density at radius 2 is 1.11 bits per heavy atom. The molecule has 0 amide bonds. The molecule has 4 rings (SSSR count). The van der Waals surface area contributed by atoms with E-state index in [4.69, 9.17) is 0 Å². The van der Waals surface area contributed by atoms with Crippen LogP contribution in [-0.2, 0) is 0 Å². The Hall–Kier alpha value is -0.300. The summed E-state index contributed by atoms with van der Waals surface area (Å²) in [6, 6.07) is 0. The third-order valence-electron chi connectivity index (χ3n) is 6.41. The molecule has 1 N–H and O–H groups in total. The molecule has 100 valence electrons. The first-order valence-electron chi connectivity index (χ1n) is 8.24. The molecule has 0 saturated heterocycles. The lowest BCUT2D eigenvalue weighted by molar-refractivity contribution is 0.0928. The van der Waals surface area contributed by atoms with Gasteiger partial charge in [0.25, 0.3) is 0 Å². The highest BCUT2D eigenvalue weighted by Gasteiger charge is 2.47. The van der Waals surface area contributed by atoms with Crippen molar-refractivity contribution >= 4 is 0 Å². The predicted octanol–water partition coefficient (Wildman–Crippen LogP) is 4.06. The van der Waals surface area contributed by atoms with Gasteiger partial charge in [-0.1, -0.05) is 36.8 Å². The van der Waals surface area contributed by atoms with Gasteiger partial charge in [-0.3, -0.25) is 0 Å². The van der Waals surface area contributed by atoms with Gasteiger partial charge < -0.3 is 5.11 Å². The average Bonchev–Trinajstić information content (AvgIpc) is 2.81. The minimum atomic E-state index is -0.0294. The molecule has 0 spiro atoms. The van der Waals surface area contributed by atoms with Crippen molar-refractivity contribution in [3.8, 4) is 0 Å². The van der Waals surface area contributed by atoms with E-state index in [-0.39, 0.29) is 6.10 Å². The van der Waals surface area contributed by atoms with Gasteiger partial charge in [-0.05, 0) is 62.2 Å². The van der Waals surface area contributed by atoms with Crippen LogP contribution < -0.4 is 0 Å². The monoisotopic (exact) mass is 246 g/mol. The molecule has 4 atom stereocenters. The first-order valence-corrected chi connectivity index (χ1v) is 8.24. The Balaban J connectivity index is 1.73. The number of fused-ring (bicyclic) bond motifs is 5. The Morgan fingerprint density at radius 1 is 0.667 bits per heavy atom. The summed E-state index contributed by atoms with van der Waals surface area (Å²) in [5.41, 5.74) is 3.49. The summed E-state index contributed by atoms with van der Waals surface area (Å²) in [7, 11) is 0. The van der Waals surface area contributed by atoms with E-state index in [2.05, 4.69) is 0 Å². The van der Waals surface area contributed by atoms with Crippen LogP contribution in [0.2, 0.25) is 0 Å². The Labute approximate surface area is 111 Å². The second kappa shape index (κ2) is 4.37. The van der Waals surface area contributed by atoms with Crippen molar-refractivity contribution in [1.82, 2.24) is 0 Å². The topological polar surface area (TPSA) is 20.2 Å². The fourth-order valence-electron chi connectivity index (χ4n) is 5.83. The van der Waals surface area contributed by atoms with Crippen molar-refractivity contribution in [2.75, 3.05) is 0 Å². The average molecular weight is 246 g/mol.